The van der Waals surface area contributed by atoms with E-state index in [9.17, 15) is 4.79 Å². The van der Waals surface area contributed by atoms with Gasteiger partial charge in [-0.25, -0.2) is 9.36 Å². The number of amides is 1. The van der Waals surface area contributed by atoms with Crippen molar-refractivity contribution in [3.8, 4) is 5.69 Å². The van der Waals surface area contributed by atoms with E-state index in [4.69, 9.17) is 5.10 Å². The van der Waals surface area contributed by atoms with Crippen LogP contribution in [0.3, 0.4) is 0 Å². The number of para-hydroxylation sites is 1. The molecule has 1 amide bonds. The van der Waals surface area contributed by atoms with Crippen molar-refractivity contribution in [1.29, 1.82) is 0 Å². The molecule has 140 valence electrons. The number of hydrogen-bond acceptors (Lipinski definition) is 5. The van der Waals surface area contributed by atoms with Crippen LogP contribution >= 0.6 is 0 Å². The van der Waals surface area contributed by atoms with Crippen LogP contribution in [-0.4, -0.2) is 35.9 Å². The van der Waals surface area contributed by atoms with Gasteiger partial charge in [-0.2, -0.15) is 5.10 Å². The number of benzene rings is 1. The Balaban J connectivity index is 1.69. The van der Waals surface area contributed by atoms with Crippen LogP contribution in [0.2, 0.25) is 0 Å². The molecule has 27 heavy (non-hydrogen) atoms. The minimum absolute atomic E-state index is 0.0872. The van der Waals surface area contributed by atoms with Crippen molar-refractivity contribution in [2.75, 3.05) is 5.32 Å². The topological polar surface area (TPSA) is 90.5 Å². The van der Waals surface area contributed by atoms with Gasteiger partial charge >= 0.3 is 0 Å². The molecule has 0 saturated carbocycles. The molecule has 2 aromatic heterocycles. The third kappa shape index (κ3) is 3.22. The van der Waals surface area contributed by atoms with Crippen LogP contribution in [0.4, 0.5) is 5.82 Å². The van der Waals surface area contributed by atoms with Crippen LogP contribution in [0.1, 0.15) is 49.2 Å². The van der Waals surface area contributed by atoms with Gasteiger partial charge in [-0.3, -0.25) is 4.79 Å². The Morgan fingerprint density at radius 3 is 2.85 bits per heavy atom. The van der Waals surface area contributed by atoms with E-state index in [0.717, 1.165) is 49.2 Å². The van der Waals surface area contributed by atoms with Gasteiger partial charge in [0.1, 0.15) is 5.82 Å². The molecule has 3 aromatic rings. The molecule has 0 radical (unpaired) electrons. The van der Waals surface area contributed by atoms with Gasteiger partial charge in [-0.05, 0) is 48.7 Å². The van der Waals surface area contributed by atoms with E-state index in [-0.39, 0.29) is 11.8 Å². The smallest absolute Gasteiger partial charge is 0.236 e. The number of rotatable bonds is 4. The summed E-state index contributed by atoms with van der Waals surface area (Å²) in [5, 5.41) is 19.7. The molecular formula is C19H23N7O. The third-order valence-corrected chi connectivity index (χ3v) is 5.10. The quantitative estimate of drug-likeness (QED) is 0.767. The average molecular weight is 365 g/mol. The van der Waals surface area contributed by atoms with Crippen molar-refractivity contribution in [3.63, 3.8) is 0 Å². The Morgan fingerprint density at radius 1 is 1.26 bits per heavy atom. The molecule has 0 bridgehead atoms. The highest BCUT2D eigenvalue weighted by atomic mass is 16.2. The highest BCUT2D eigenvalue weighted by Crippen LogP contribution is 2.28. The summed E-state index contributed by atoms with van der Waals surface area (Å²) >= 11 is 0. The molecule has 8 heteroatoms. The minimum atomic E-state index is -0.355. The zero-order valence-electron chi connectivity index (χ0n) is 15.6. The third-order valence-electron chi connectivity index (χ3n) is 5.10. The second kappa shape index (κ2) is 7.30. The lowest BCUT2D eigenvalue weighted by Crippen LogP contribution is -2.25. The number of anilines is 1. The number of hydrogen-bond donors (Lipinski definition) is 1. The zero-order valence-corrected chi connectivity index (χ0v) is 15.6. The second-order valence-electron chi connectivity index (χ2n) is 6.82. The molecule has 1 aromatic carbocycles. The summed E-state index contributed by atoms with van der Waals surface area (Å²) in [6, 6.07) is 9.84. The predicted molar refractivity (Wildman–Crippen MR) is 101 cm³/mol. The van der Waals surface area contributed by atoms with Crippen molar-refractivity contribution >= 4 is 11.7 Å². The first-order valence-electron chi connectivity index (χ1n) is 9.40. The summed E-state index contributed by atoms with van der Waals surface area (Å²) in [4.78, 5) is 13.2. The van der Waals surface area contributed by atoms with Crippen LogP contribution in [-0.2, 0) is 17.8 Å². The van der Waals surface area contributed by atoms with E-state index in [1.54, 1.807) is 4.68 Å². The number of aromatic nitrogens is 6. The van der Waals surface area contributed by atoms with E-state index < -0.39 is 0 Å². The second-order valence-corrected chi connectivity index (χ2v) is 6.82. The molecule has 0 fully saturated rings. The molecular weight excluding hydrogens is 342 g/mol. The van der Waals surface area contributed by atoms with E-state index in [1.807, 2.05) is 41.9 Å². The van der Waals surface area contributed by atoms with Crippen LogP contribution in [0, 0.1) is 6.92 Å². The standard InChI is InChI=1S/C19H23N7O/c1-3-16-13(2)17(26(22-16)14-9-5-4-6-10-14)20-19(27)15-11-7-8-12-25-18(15)21-23-24-25/h4-6,9-10,15H,3,7-8,11-12H2,1-2H3,(H,20,27). The Labute approximate surface area is 157 Å². The Kier molecular flexibility index (Phi) is 4.70. The molecule has 1 N–H and O–H groups in total. The number of tetrazole rings is 1. The average Bonchev–Trinajstić information content (AvgIpc) is 3.21. The van der Waals surface area contributed by atoms with Crippen molar-refractivity contribution in [2.24, 2.45) is 0 Å². The largest absolute Gasteiger partial charge is 0.310 e. The van der Waals surface area contributed by atoms with Crippen LogP contribution in [0.25, 0.3) is 5.69 Å². The van der Waals surface area contributed by atoms with Gasteiger partial charge in [0.2, 0.25) is 5.91 Å². The first-order valence-corrected chi connectivity index (χ1v) is 9.40. The minimum Gasteiger partial charge on any atom is -0.310 e. The summed E-state index contributed by atoms with van der Waals surface area (Å²) in [5.74, 6) is 0.914. The van der Waals surface area contributed by atoms with Crippen LogP contribution < -0.4 is 5.32 Å². The highest BCUT2D eigenvalue weighted by molar-refractivity contribution is 5.95. The number of carbonyl (C=O) groups is 1. The van der Waals surface area contributed by atoms with E-state index in [0.29, 0.717) is 11.6 Å². The lowest BCUT2D eigenvalue weighted by Gasteiger charge is -2.15. The van der Waals surface area contributed by atoms with Gasteiger partial charge in [0.05, 0.1) is 17.3 Å². The van der Waals surface area contributed by atoms with Crippen molar-refractivity contribution < 1.29 is 4.79 Å². The number of fused-ring (bicyclic) bond motifs is 1. The fourth-order valence-corrected chi connectivity index (χ4v) is 3.59. The molecule has 0 saturated heterocycles. The normalized spacial score (nSPS) is 16.6. The first-order chi connectivity index (χ1) is 13.2. The molecule has 8 nitrogen and oxygen atoms in total. The van der Waals surface area contributed by atoms with Crippen LogP contribution in [0.5, 0.6) is 0 Å². The summed E-state index contributed by atoms with van der Waals surface area (Å²) < 4.78 is 3.56. The zero-order chi connectivity index (χ0) is 18.8. The SMILES string of the molecule is CCc1nn(-c2ccccc2)c(NC(=O)C2CCCCn3nnnc32)c1C. The van der Waals surface area contributed by atoms with Gasteiger partial charge in [-0.15, -0.1) is 5.10 Å². The van der Waals surface area contributed by atoms with Gasteiger partial charge in [0.25, 0.3) is 0 Å². The van der Waals surface area contributed by atoms with Crippen molar-refractivity contribution in [1.82, 2.24) is 30.0 Å². The first kappa shape index (κ1) is 17.4. The molecule has 0 aliphatic carbocycles. The van der Waals surface area contributed by atoms with E-state index in [1.165, 1.54) is 0 Å². The predicted octanol–water partition coefficient (Wildman–Crippen LogP) is 2.64. The molecule has 3 heterocycles. The molecule has 4 rings (SSSR count). The van der Waals surface area contributed by atoms with Crippen molar-refractivity contribution in [3.05, 3.63) is 47.4 Å². The van der Waals surface area contributed by atoms with Gasteiger partial charge in [-0.1, -0.05) is 31.5 Å². The summed E-state index contributed by atoms with van der Waals surface area (Å²) in [5.41, 5.74) is 2.88. The monoisotopic (exact) mass is 365 g/mol. The number of nitrogens with one attached hydrogen (secondary N) is 1. The molecule has 1 aliphatic heterocycles. The number of aryl methyl sites for hydroxylation is 2. The number of nitrogens with zero attached hydrogens (tertiary/aromatic N) is 6. The van der Waals surface area contributed by atoms with Gasteiger partial charge < -0.3 is 5.32 Å². The van der Waals surface area contributed by atoms with E-state index in [2.05, 4.69) is 27.8 Å². The summed E-state index contributed by atoms with van der Waals surface area (Å²) in [6.45, 7) is 4.82. The van der Waals surface area contributed by atoms with Crippen LogP contribution in [0.15, 0.2) is 30.3 Å². The van der Waals surface area contributed by atoms with Gasteiger partial charge in [0, 0.05) is 12.1 Å². The fourth-order valence-electron chi connectivity index (χ4n) is 3.59. The summed E-state index contributed by atoms with van der Waals surface area (Å²) in [7, 11) is 0. The van der Waals surface area contributed by atoms with Crippen molar-refractivity contribution in [2.45, 2.75) is 52.0 Å². The maximum Gasteiger partial charge on any atom is 0.236 e. The Morgan fingerprint density at radius 2 is 2.07 bits per heavy atom. The van der Waals surface area contributed by atoms with Gasteiger partial charge in [0.15, 0.2) is 5.82 Å². The highest BCUT2D eigenvalue weighted by Gasteiger charge is 2.30. The fraction of sp³-hybridized carbons (Fsp3) is 0.421. The maximum atomic E-state index is 13.2. The van der Waals surface area contributed by atoms with E-state index >= 15 is 0 Å². The molecule has 1 unspecified atom stereocenters. The lowest BCUT2D eigenvalue weighted by atomic mass is 10.0. The summed E-state index contributed by atoms with van der Waals surface area (Å²) in [6.07, 6.45) is 3.48. The molecule has 0 spiro atoms. The Bertz CT molecular complexity index is 944. The maximum absolute atomic E-state index is 13.2. The number of carbonyl (C=O) groups excluding carboxylic acids is 1. The molecule has 1 aliphatic rings. The molecule has 1 atom stereocenters. The Hall–Kier alpha value is -3.03. The lowest BCUT2D eigenvalue weighted by molar-refractivity contribution is -0.118.